The zero-order valence-corrected chi connectivity index (χ0v) is 17.0. The first kappa shape index (κ1) is 18.3. The van der Waals surface area contributed by atoms with Crippen LogP contribution in [0, 0.1) is 17.3 Å². The highest BCUT2D eigenvalue weighted by atomic mass is 16.5. The smallest absolute Gasteiger partial charge is 0.322 e. The minimum atomic E-state index is 0.0801. The summed E-state index contributed by atoms with van der Waals surface area (Å²) in [7, 11) is 0. The maximum atomic E-state index is 13.0. The van der Waals surface area contributed by atoms with Crippen molar-refractivity contribution in [1.82, 2.24) is 4.90 Å². The molecule has 5 rings (SSSR count). The van der Waals surface area contributed by atoms with E-state index in [9.17, 15) is 4.79 Å². The normalized spacial score (nSPS) is 29.5. The lowest BCUT2D eigenvalue weighted by Crippen LogP contribution is -2.72. The number of urea groups is 1. The average Bonchev–Trinajstić information content (AvgIpc) is 3.08. The molecule has 152 valence electrons. The number of anilines is 2. The SMILES string of the molecule is CC1CCN(c2ccc(NC(=O)N3CC4(CCC4)C3C3CCOCC3)cc2)C1. The molecular weight excluding hydrogens is 350 g/mol. The molecule has 4 fully saturated rings. The molecule has 0 aromatic heterocycles. The summed E-state index contributed by atoms with van der Waals surface area (Å²) < 4.78 is 5.57. The molecule has 1 N–H and O–H groups in total. The summed E-state index contributed by atoms with van der Waals surface area (Å²) in [4.78, 5) is 17.6. The molecule has 0 radical (unpaired) electrons. The Morgan fingerprint density at radius 2 is 1.89 bits per heavy atom. The third-order valence-corrected chi connectivity index (χ3v) is 7.68. The predicted octanol–water partition coefficient (Wildman–Crippen LogP) is 4.35. The Kier molecular flexibility index (Phi) is 4.74. The van der Waals surface area contributed by atoms with Gasteiger partial charge in [0.05, 0.1) is 0 Å². The van der Waals surface area contributed by atoms with E-state index in [0.29, 0.717) is 17.4 Å². The molecule has 3 saturated heterocycles. The zero-order valence-electron chi connectivity index (χ0n) is 17.0. The van der Waals surface area contributed by atoms with Crippen molar-refractivity contribution >= 4 is 17.4 Å². The van der Waals surface area contributed by atoms with Gasteiger partial charge >= 0.3 is 6.03 Å². The highest BCUT2D eigenvalue weighted by Crippen LogP contribution is 2.56. The first-order valence-corrected chi connectivity index (χ1v) is 11.1. The number of hydrogen-bond donors (Lipinski definition) is 1. The van der Waals surface area contributed by atoms with E-state index in [1.807, 2.05) is 0 Å². The number of nitrogens with zero attached hydrogens (tertiary/aromatic N) is 2. The van der Waals surface area contributed by atoms with Gasteiger partial charge in [0.2, 0.25) is 0 Å². The number of carbonyl (C=O) groups excluding carboxylic acids is 1. The third kappa shape index (κ3) is 3.18. The van der Waals surface area contributed by atoms with Gasteiger partial charge in [-0.1, -0.05) is 13.3 Å². The molecule has 1 aliphatic carbocycles. The lowest BCUT2D eigenvalue weighted by atomic mass is 9.54. The molecule has 1 aromatic rings. The van der Waals surface area contributed by atoms with Gasteiger partial charge < -0.3 is 19.9 Å². The Labute approximate surface area is 168 Å². The summed E-state index contributed by atoms with van der Waals surface area (Å²) in [6.45, 7) is 7.21. The summed E-state index contributed by atoms with van der Waals surface area (Å²) in [5.74, 6) is 1.37. The van der Waals surface area contributed by atoms with Crippen LogP contribution in [0.1, 0.15) is 45.4 Å². The van der Waals surface area contributed by atoms with Gasteiger partial charge in [-0.3, -0.25) is 0 Å². The van der Waals surface area contributed by atoms with Crippen LogP contribution in [-0.4, -0.2) is 49.8 Å². The Morgan fingerprint density at radius 1 is 1.14 bits per heavy atom. The number of hydrogen-bond acceptors (Lipinski definition) is 3. The van der Waals surface area contributed by atoms with E-state index in [2.05, 4.69) is 46.3 Å². The van der Waals surface area contributed by atoms with Crippen molar-refractivity contribution in [3.63, 3.8) is 0 Å². The van der Waals surface area contributed by atoms with Gasteiger partial charge in [0, 0.05) is 55.7 Å². The molecule has 1 aromatic carbocycles. The van der Waals surface area contributed by atoms with Gasteiger partial charge in [-0.15, -0.1) is 0 Å². The summed E-state index contributed by atoms with van der Waals surface area (Å²) in [5, 5.41) is 3.16. The molecule has 3 heterocycles. The van der Waals surface area contributed by atoms with Gasteiger partial charge in [0.25, 0.3) is 0 Å². The van der Waals surface area contributed by atoms with Gasteiger partial charge in [0.15, 0.2) is 0 Å². The lowest BCUT2D eigenvalue weighted by Gasteiger charge is -2.64. The van der Waals surface area contributed by atoms with Crippen LogP contribution in [0.5, 0.6) is 0 Å². The average molecular weight is 384 g/mol. The fraction of sp³-hybridized carbons (Fsp3) is 0.696. The second-order valence-corrected chi connectivity index (χ2v) is 9.56. The molecule has 1 saturated carbocycles. The standard InChI is InChI=1S/C23H33N3O2/c1-17-7-12-25(15-17)20-5-3-19(4-6-20)24-22(27)26-16-23(10-2-11-23)21(26)18-8-13-28-14-9-18/h3-6,17-18,21H,2,7-16H2,1H3,(H,24,27). The van der Waals surface area contributed by atoms with Crippen molar-refractivity contribution in [1.29, 1.82) is 0 Å². The minimum absolute atomic E-state index is 0.0801. The number of nitrogens with one attached hydrogen (secondary N) is 1. The van der Waals surface area contributed by atoms with E-state index in [1.165, 1.54) is 31.4 Å². The maximum Gasteiger partial charge on any atom is 0.322 e. The number of likely N-dealkylation sites (tertiary alicyclic amines) is 1. The number of rotatable bonds is 3. The Balaban J connectivity index is 1.23. The van der Waals surface area contributed by atoms with E-state index < -0.39 is 0 Å². The molecule has 1 spiro atoms. The Morgan fingerprint density at radius 3 is 2.50 bits per heavy atom. The van der Waals surface area contributed by atoms with E-state index >= 15 is 0 Å². The van der Waals surface area contributed by atoms with Crippen molar-refractivity contribution < 1.29 is 9.53 Å². The molecule has 3 aliphatic heterocycles. The van der Waals surface area contributed by atoms with Gasteiger partial charge in [-0.25, -0.2) is 4.79 Å². The predicted molar refractivity (Wildman–Crippen MR) is 112 cm³/mol. The molecule has 4 aliphatic rings. The lowest BCUT2D eigenvalue weighted by molar-refractivity contribution is -0.135. The molecule has 5 heteroatoms. The van der Waals surface area contributed by atoms with Crippen LogP contribution >= 0.6 is 0 Å². The van der Waals surface area contributed by atoms with Crippen LogP contribution in [0.15, 0.2) is 24.3 Å². The van der Waals surface area contributed by atoms with Crippen LogP contribution in [-0.2, 0) is 4.74 Å². The van der Waals surface area contributed by atoms with Crippen LogP contribution < -0.4 is 10.2 Å². The Hall–Kier alpha value is -1.75. The number of ether oxygens (including phenoxy) is 1. The summed E-state index contributed by atoms with van der Waals surface area (Å²) in [5.41, 5.74) is 2.58. The van der Waals surface area contributed by atoms with Crippen LogP contribution in [0.2, 0.25) is 0 Å². The highest BCUT2D eigenvalue weighted by molar-refractivity contribution is 5.90. The number of amides is 2. The molecule has 2 amide bonds. The topological polar surface area (TPSA) is 44.8 Å². The van der Waals surface area contributed by atoms with Crippen LogP contribution in [0.3, 0.4) is 0 Å². The fourth-order valence-electron chi connectivity index (χ4n) is 5.94. The van der Waals surface area contributed by atoms with Crippen LogP contribution in [0.25, 0.3) is 0 Å². The monoisotopic (exact) mass is 383 g/mol. The van der Waals surface area contributed by atoms with Crippen molar-refractivity contribution in [2.45, 2.75) is 51.5 Å². The van der Waals surface area contributed by atoms with Crippen molar-refractivity contribution in [3.05, 3.63) is 24.3 Å². The molecule has 2 unspecified atom stereocenters. The van der Waals surface area contributed by atoms with E-state index in [1.54, 1.807) is 0 Å². The van der Waals surface area contributed by atoms with Crippen LogP contribution in [0.4, 0.5) is 16.2 Å². The number of benzene rings is 1. The van der Waals surface area contributed by atoms with Crippen molar-refractivity contribution in [2.75, 3.05) is 43.1 Å². The first-order valence-electron chi connectivity index (χ1n) is 11.1. The number of carbonyl (C=O) groups is 1. The second-order valence-electron chi connectivity index (χ2n) is 9.56. The molecule has 28 heavy (non-hydrogen) atoms. The van der Waals surface area contributed by atoms with E-state index in [0.717, 1.165) is 57.3 Å². The van der Waals surface area contributed by atoms with Crippen molar-refractivity contribution in [2.24, 2.45) is 17.3 Å². The van der Waals surface area contributed by atoms with E-state index in [-0.39, 0.29) is 6.03 Å². The molecular formula is C23H33N3O2. The molecule has 2 atom stereocenters. The molecule has 5 nitrogen and oxygen atoms in total. The Bertz CT molecular complexity index is 709. The summed E-state index contributed by atoms with van der Waals surface area (Å²) in [6.07, 6.45) is 7.37. The van der Waals surface area contributed by atoms with Gasteiger partial charge in [-0.05, 0) is 68.2 Å². The molecule has 0 bridgehead atoms. The maximum absolute atomic E-state index is 13.0. The largest absolute Gasteiger partial charge is 0.381 e. The van der Waals surface area contributed by atoms with E-state index in [4.69, 9.17) is 4.74 Å². The van der Waals surface area contributed by atoms with Crippen molar-refractivity contribution in [3.8, 4) is 0 Å². The second kappa shape index (κ2) is 7.25. The minimum Gasteiger partial charge on any atom is -0.381 e. The summed E-state index contributed by atoms with van der Waals surface area (Å²) in [6, 6.07) is 8.89. The first-order chi connectivity index (χ1) is 13.6. The van der Waals surface area contributed by atoms with Gasteiger partial charge in [-0.2, -0.15) is 0 Å². The zero-order chi connectivity index (χ0) is 19.1. The quantitative estimate of drug-likeness (QED) is 0.844. The highest BCUT2D eigenvalue weighted by Gasteiger charge is 2.59. The summed E-state index contributed by atoms with van der Waals surface area (Å²) >= 11 is 0. The third-order valence-electron chi connectivity index (χ3n) is 7.68. The van der Waals surface area contributed by atoms with Gasteiger partial charge in [0.1, 0.15) is 0 Å². The fourth-order valence-corrected chi connectivity index (χ4v) is 5.94.